The van der Waals surface area contributed by atoms with E-state index in [1.165, 1.54) is 25.7 Å². The molecule has 0 aromatic carbocycles. The van der Waals surface area contributed by atoms with Gasteiger partial charge in [-0.25, -0.2) is 9.97 Å². The van der Waals surface area contributed by atoms with Gasteiger partial charge in [0.25, 0.3) is 0 Å². The lowest BCUT2D eigenvalue weighted by atomic mass is 9.96. The summed E-state index contributed by atoms with van der Waals surface area (Å²) in [5.74, 6) is 0.912. The Morgan fingerprint density at radius 3 is 3.00 bits per heavy atom. The second-order valence-corrected chi connectivity index (χ2v) is 6.34. The first-order chi connectivity index (χ1) is 10.9. The van der Waals surface area contributed by atoms with Gasteiger partial charge in [0.15, 0.2) is 0 Å². The number of nitrogens with zero attached hydrogens (tertiary/aromatic N) is 4. The number of H-pyrrole nitrogens is 1. The molecular formula is C16H22N6. The van der Waals surface area contributed by atoms with Crippen molar-refractivity contribution in [3.05, 3.63) is 24.3 Å². The van der Waals surface area contributed by atoms with Crippen LogP contribution >= 0.6 is 0 Å². The fourth-order valence-corrected chi connectivity index (χ4v) is 3.93. The van der Waals surface area contributed by atoms with E-state index in [9.17, 15) is 0 Å². The van der Waals surface area contributed by atoms with E-state index in [-0.39, 0.29) is 5.92 Å². The molecule has 3 heterocycles. The van der Waals surface area contributed by atoms with E-state index in [0.29, 0.717) is 18.5 Å². The van der Waals surface area contributed by atoms with Gasteiger partial charge in [-0.05, 0) is 24.8 Å². The number of hydrazone groups is 1. The van der Waals surface area contributed by atoms with Gasteiger partial charge in [0.1, 0.15) is 12.0 Å². The Morgan fingerprint density at radius 1 is 1.32 bits per heavy atom. The number of fused-ring (bicyclic) bond motifs is 1. The highest BCUT2D eigenvalue weighted by Crippen LogP contribution is 2.33. The second-order valence-electron chi connectivity index (χ2n) is 6.34. The summed E-state index contributed by atoms with van der Waals surface area (Å²) in [6, 6.07) is 2.41. The summed E-state index contributed by atoms with van der Waals surface area (Å²) >= 11 is 0. The van der Waals surface area contributed by atoms with Crippen LogP contribution in [0.4, 0.5) is 0 Å². The Balaban J connectivity index is 1.55. The maximum atomic E-state index is 6.04. The largest absolute Gasteiger partial charge is 0.346 e. The van der Waals surface area contributed by atoms with Gasteiger partial charge in [0.05, 0.1) is 17.7 Å². The molecule has 116 valence electrons. The van der Waals surface area contributed by atoms with Crippen LogP contribution in [0.15, 0.2) is 23.7 Å². The molecule has 6 heteroatoms. The van der Waals surface area contributed by atoms with Crippen LogP contribution in [0.2, 0.25) is 0 Å². The van der Waals surface area contributed by atoms with Crippen LogP contribution in [0.3, 0.4) is 0 Å². The van der Waals surface area contributed by atoms with Crippen molar-refractivity contribution in [2.75, 3.05) is 13.1 Å². The van der Waals surface area contributed by atoms with Crippen LogP contribution in [0, 0.1) is 5.92 Å². The molecule has 22 heavy (non-hydrogen) atoms. The fourth-order valence-electron chi connectivity index (χ4n) is 3.93. The molecule has 6 nitrogen and oxygen atoms in total. The number of hydrogen-bond donors (Lipinski definition) is 2. The third kappa shape index (κ3) is 2.27. The van der Waals surface area contributed by atoms with Crippen LogP contribution in [0.5, 0.6) is 0 Å². The molecule has 2 aromatic heterocycles. The van der Waals surface area contributed by atoms with Gasteiger partial charge in [-0.1, -0.05) is 12.8 Å². The average Bonchev–Trinajstić information content (AvgIpc) is 3.29. The van der Waals surface area contributed by atoms with E-state index in [1.807, 2.05) is 18.5 Å². The van der Waals surface area contributed by atoms with Crippen molar-refractivity contribution in [3.8, 4) is 0 Å². The first-order valence-electron chi connectivity index (χ1n) is 8.15. The molecule has 0 amide bonds. The van der Waals surface area contributed by atoms with Crippen LogP contribution in [-0.4, -0.2) is 45.3 Å². The Hall–Kier alpha value is -1.95. The normalized spacial score (nSPS) is 23.7. The highest BCUT2D eigenvalue weighted by Gasteiger charge is 2.33. The van der Waals surface area contributed by atoms with Gasteiger partial charge >= 0.3 is 0 Å². The van der Waals surface area contributed by atoms with Crippen LogP contribution in [-0.2, 0) is 0 Å². The summed E-state index contributed by atoms with van der Waals surface area (Å²) in [6.07, 6.45) is 10.8. The zero-order valence-corrected chi connectivity index (χ0v) is 12.7. The quantitative estimate of drug-likeness (QED) is 0.902. The molecule has 0 spiro atoms. The Morgan fingerprint density at radius 2 is 2.18 bits per heavy atom. The number of aromatic amines is 1. The minimum absolute atomic E-state index is 0.219. The third-order valence-electron chi connectivity index (χ3n) is 5.08. The molecular weight excluding hydrogens is 276 g/mol. The first-order valence-corrected chi connectivity index (χ1v) is 8.15. The lowest BCUT2D eigenvalue weighted by molar-refractivity contribution is 0.164. The highest BCUT2D eigenvalue weighted by molar-refractivity contribution is 5.83. The Kier molecular flexibility index (Phi) is 3.54. The highest BCUT2D eigenvalue weighted by atomic mass is 15.5. The molecule has 3 N–H and O–H groups in total. The predicted molar refractivity (Wildman–Crippen MR) is 86.6 cm³/mol. The summed E-state index contributed by atoms with van der Waals surface area (Å²) in [7, 11) is 0. The number of nitrogens with one attached hydrogen (secondary N) is 1. The van der Waals surface area contributed by atoms with E-state index in [2.05, 4.69) is 25.1 Å². The first kappa shape index (κ1) is 13.7. The van der Waals surface area contributed by atoms with Crippen LogP contribution < -0.4 is 5.73 Å². The smallest absolute Gasteiger partial charge is 0.140 e. The fraction of sp³-hybridized carbons (Fsp3) is 0.562. The molecule has 1 fully saturated rings. The van der Waals surface area contributed by atoms with Gasteiger partial charge in [-0.2, -0.15) is 5.10 Å². The van der Waals surface area contributed by atoms with E-state index in [0.717, 1.165) is 23.3 Å². The SMILES string of the molecule is NCC(C1CCCC1)N1CC(c2ncnc3[nH]ccc23)C=N1. The summed E-state index contributed by atoms with van der Waals surface area (Å²) < 4.78 is 0. The van der Waals surface area contributed by atoms with Crippen molar-refractivity contribution in [1.82, 2.24) is 20.0 Å². The van der Waals surface area contributed by atoms with Gasteiger partial charge < -0.3 is 10.7 Å². The molecule has 0 bridgehead atoms. The molecule has 1 saturated carbocycles. The molecule has 4 rings (SSSR count). The topological polar surface area (TPSA) is 83.2 Å². The van der Waals surface area contributed by atoms with E-state index >= 15 is 0 Å². The zero-order valence-electron chi connectivity index (χ0n) is 12.7. The average molecular weight is 298 g/mol. The van der Waals surface area contributed by atoms with E-state index in [4.69, 9.17) is 5.73 Å². The minimum atomic E-state index is 0.219. The molecule has 0 radical (unpaired) electrons. The summed E-state index contributed by atoms with van der Waals surface area (Å²) in [6.45, 7) is 1.55. The van der Waals surface area contributed by atoms with Crippen molar-refractivity contribution < 1.29 is 0 Å². The lowest BCUT2D eigenvalue weighted by Gasteiger charge is -2.30. The van der Waals surface area contributed by atoms with Crippen molar-refractivity contribution in [1.29, 1.82) is 0 Å². The molecule has 0 saturated heterocycles. The van der Waals surface area contributed by atoms with Crippen molar-refractivity contribution in [3.63, 3.8) is 0 Å². The summed E-state index contributed by atoms with van der Waals surface area (Å²) in [5.41, 5.74) is 7.99. The third-order valence-corrected chi connectivity index (χ3v) is 5.08. The van der Waals surface area contributed by atoms with Crippen molar-refractivity contribution in [2.24, 2.45) is 16.8 Å². The van der Waals surface area contributed by atoms with Crippen molar-refractivity contribution >= 4 is 17.2 Å². The maximum Gasteiger partial charge on any atom is 0.140 e. The second kappa shape index (κ2) is 5.68. The van der Waals surface area contributed by atoms with Gasteiger partial charge in [0.2, 0.25) is 0 Å². The number of aromatic nitrogens is 3. The Labute approximate surface area is 129 Å². The van der Waals surface area contributed by atoms with Gasteiger partial charge in [-0.15, -0.1) is 0 Å². The predicted octanol–water partition coefficient (Wildman–Crippen LogP) is 1.86. The van der Waals surface area contributed by atoms with E-state index < -0.39 is 0 Å². The van der Waals surface area contributed by atoms with Crippen LogP contribution in [0.1, 0.15) is 37.3 Å². The molecule has 1 aliphatic carbocycles. The van der Waals surface area contributed by atoms with E-state index in [1.54, 1.807) is 6.33 Å². The molecule has 2 aliphatic rings. The molecule has 1 aliphatic heterocycles. The lowest BCUT2D eigenvalue weighted by Crippen LogP contribution is -2.41. The molecule has 2 aromatic rings. The number of rotatable bonds is 4. The Bertz CT molecular complexity index is 672. The molecule has 2 atom stereocenters. The summed E-state index contributed by atoms with van der Waals surface area (Å²) in [4.78, 5) is 11.9. The maximum absolute atomic E-state index is 6.04. The van der Waals surface area contributed by atoms with Gasteiger partial charge in [0, 0.05) is 30.9 Å². The minimum Gasteiger partial charge on any atom is -0.346 e. The summed E-state index contributed by atoms with van der Waals surface area (Å²) in [5, 5.41) is 7.94. The molecule has 2 unspecified atom stereocenters. The van der Waals surface area contributed by atoms with Gasteiger partial charge in [-0.3, -0.25) is 5.01 Å². The standard InChI is InChI=1S/C16H22N6/c17-7-14(11-3-1-2-4-11)22-9-12(8-21-22)15-13-5-6-18-16(13)20-10-19-15/h5-6,8,10-12,14H,1-4,7,9,17H2,(H,18,19,20). The number of hydrogen-bond acceptors (Lipinski definition) is 5. The van der Waals surface area contributed by atoms with Crippen LogP contribution in [0.25, 0.3) is 11.0 Å². The number of nitrogens with two attached hydrogens (primary N) is 1. The van der Waals surface area contributed by atoms with Crippen molar-refractivity contribution in [2.45, 2.75) is 37.6 Å². The monoisotopic (exact) mass is 298 g/mol. The zero-order chi connectivity index (χ0) is 14.9.